The lowest BCUT2D eigenvalue weighted by Gasteiger charge is -2.16. The lowest BCUT2D eigenvalue weighted by atomic mass is 9.89. The molecule has 0 heteroatoms. The summed E-state index contributed by atoms with van der Waals surface area (Å²) >= 11 is 0. The van der Waals surface area contributed by atoms with Crippen LogP contribution in [0.25, 0.3) is 0 Å². The van der Waals surface area contributed by atoms with Gasteiger partial charge in [0.05, 0.1) is 0 Å². The normalized spacial score (nSPS) is 37.5. The number of fused-ring (bicyclic) bond motifs is 1. The fraction of sp³-hybridized carbons (Fsp3) is 0.500. The highest BCUT2D eigenvalue weighted by Crippen LogP contribution is 2.36. The minimum atomic E-state index is 0.642. The van der Waals surface area contributed by atoms with Crippen LogP contribution in [-0.2, 0) is 0 Å². The van der Waals surface area contributed by atoms with Gasteiger partial charge >= 0.3 is 0 Å². The van der Waals surface area contributed by atoms with Gasteiger partial charge < -0.3 is 0 Å². The Hall–Kier alpha value is -0.520. The van der Waals surface area contributed by atoms with Crippen LogP contribution in [0, 0.1) is 18.3 Å². The van der Waals surface area contributed by atoms with Crippen LogP contribution in [-0.4, -0.2) is 0 Å². The van der Waals surface area contributed by atoms with Crippen molar-refractivity contribution >= 4 is 0 Å². The Kier molecular flexibility index (Phi) is 1.40. The maximum Gasteiger partial charge on any atom is -0.00926 e. The molecule has 0 nitrogen and oxygen atoms in total. The molecule has 2 aliphatic rings. The third kappa shape index (κ3) is 0.920. The Morgan fingerprint density at radius 1 is 1.60 bits per heavy atom. The summed E-state index contributed by atoms with van der Waals surface area (Å²) < 4.78 is 0. The standard InChI is InChI=1S/C10H12/c1-8-5-6-9-3-2-4-10(9)7-8/h5-7,9-10H,2,4H2,1H3. The van der Waals surface area contributed by atoms with E-state index in [0.29, 0.717) is 5.92 Å². The summed E-state index contributed by atoms with van der Waals surface area (Å²) in [5.41, 5.74) is 1.42. The van der Waals surface area contributed by atoms with Gasteiger partial charge in [0.2, 0.25) is 0 Å². The van der Waals surface area contributed by atoms with Crippen molar-refractivity contribution in [1.82, 2.24) is 0 Å². The third-order valence-corrected chi connectivity index (χ3v) is 2.36. The van der Waals surface area contributed by atoms with Gasteiger partial charge in [-0.2, -0.15) is 0 Å². The van der Waals surface area contributed by atoms with E-state index >= 15 is 0 Å². The first kappa shape index (κ1) is 6.21. The van der Waals surface area contributed by atoms with Crippen LogP contribution < -0.4 is 0 Å². The Labute approximate surface area is 62.6 Å². The maximum absolute atomic E-state index is 3.45. The second-order valence-corrected chi connectivity index (χ2v) is 3.20. The van der Waals surface area contributed by atoms with Gasteiger partial charge in [-0.25, -0.2) is 0 Å². The molecular weight excluding hydrogens is 120 g/mol. The zero-order chi connectivity index (χ0) is 6.97. The van der Waals surface area contributed by atoms with Crippen molar-refractivity contribution in [2.24, 2.45) is 11.8 Å². The SMILES string of the molecule is CC1=CC2CC[C]C2C=C1. The van der Waals surface area contributed by atoms with Crippen LogP contribution in [0.2, 0.25) is 0 Å². The highest BCUT2D eigenvalue weighted by atomic mass is 14.3. The molecular formula is C10H12. The summed E-state index contributed by atoms with van der Waals surface area (Å²) in [4.78, 5) is 0. The van der Waals surface area contributed by atoms with Gasteiger partial charge in [-0.3, -0.25) is 0 Å². The Bertz CT molecular complexity index is 186. The minimum Gasteiger partial charge on any atom is -0.0800 e. The highest BCUT2D eigenvalue weighted by molar-refractivity contribution is 5.26. The van der Waals surface area contributed by atoms with E-state index < -0.39 is 0 Å². The highest BCUT2D eigenvalue weighted by Gasteiger charge is 2.25. The molecule has 2 aliphatic carbocycles. The summed E-state index contributed by atoms with van der Waals surface area (Å²) in [5, 5.41) is 0. The summed E-state index contributed by atoms with van der Waals surface area (Å²) in [6, 6.07) is 0. The van der Waals surface area contributed by atoms with E-state index in [1.165, 1.54) is 18.4 Å². The molecule has 2 atom stereocenters. The molecule has 1 fully saturated rings. The van der Waals surface area contributed by atoms with Gasteiger partial charge in [-0.1, -0.05) is 23.8 Å². The molecule has 0 aromatic rings. The van der Waals surface area contributed by atoms with E-state index in [1.807, 2.05) is 0 Å². The fourth-order valence-corrected chi connectivity index (χ4v) is 1.79. The van der Waals surface area contributed by atoms with Gasteiger partial charge in [-0.15, -0.1) is 0 Å². The molecule has 0 aromatic heterocycles. The van der Waals surface area contributed by atoms with Crippen molar-refractivity contribution in [2.45, 2.75) is 19.8 Å². The molecule has 0 spiro atoms. The first-order valence-electron chi connectivity index (χ1n) is 3.96. The lowest BCUT2D eigenvalue weighted by molar-refractivity contribution is 0.583. The van der Waals surface area contributed by atoms with Crippen molar-refractivity contribution in [3.05, 3.63) is 30.2 Å². The van der Waals surface area contributed by atoms with Crippen LogP contribution in [0.1, 0.15) is 19.8 Å². The topological polar surface area (TPSA) is 0 Å². The summed E-state index contributed by atoms with van der Waals surface area (Å²) in [6.07, 6.45) is 12.8. The Morgan fingerprint density at radius 3 is 3.40 bits per heavy atom. The van der Waals surface area contributed by atoms with Crippen LogP contribution in [0.3, 0.4) is 0 Å². The summed E-state index contributed by atoms with van der Waals surface area (Å²) in [5.74, 6) is 1.42. The molecule has 2 unspecified atom stereocenters. The smallest absolute Gasteiger partial charge is 0.00926 e. The Morgan fingerprint density at radius 2 is 2.50 bits per heavy atom. The third-order valence-electron chi connectivity index (χ3n) is 2.36. The van der Waals surface area contributed by atoms with E-state index in [-0.39, 0.29) is 0 Å². The fourth-order valence-electron chi connectivity index (χ4n) is 1.79. The van der Waals surface area contributed by atoms with E-state index in [9.17, 15) is 0 Å². The van der Waals surface area contributed by atoms with E-state index in [4.69, 9.17) is 0 Å². The average molecular weight is 132 g/mol. The minimum absolute atomic E-state index is 0.642. The van der Waals surface area contributed by atoms with E-state index in [1.54, 1.807) is 0 Å². The van der Waals surface area contributed by atoms with Crippen LogP contribution in [0.5, 0.6) is 0 Å². The zero-order valence-electron chi connectivity index (χ0n) is 6.30. The lowest BCUT2D eigenvalue weighted by Crippen LogP contribution is -2.05. The molecule has 2 rings (SSSR count). The summed E-state index contributed by atoms with van der Waals surface area (Å²) in [7, 11) is 0. The second-order valence-electron chi connectivity index (χ2n) is 3.20. The molecule has 0 N–H and O–H groups in total. The number of rotatable bonds is 0. The molecule has 0 aliphatic heterocycles. The average Bonchev–Trinajstić information content (AvgIpc) is 2.33. The van der Waals surface area contributed by atoms with Gasteiger partial charge in [0.1, 0.15) is 0 Å². The molecule has 10 heavy (non-hydrogen) atoms. The van der Waals surface area contributed by atoms with Crippen molar-refractivity contribution in [2.75, 3.05) is 0 Å². The monoisotopic (exact) mass is 132 g/mol. The van der Waals surface area contributed by atoms with Crippen molar-refractivity contribution in [3.63, 3.8) is 0 Å². The molecule has 0 amide bonds. The number of hydrogen-bond donors (Lipinski definition) is 0. The van der Waals surface area contributed by atoms with E-state index in [0.717, 1.165) is 5.92 Å². The molecule has 2 radical (unpaired) electrons. The van der Waals surface area contributed by atoms with E-state index in [2.05, 4.69) is 31.6 Å². The van der Waals surface area contributed by atoms with Gasteiger partial charge in [0, 0.05) is 0 Å². The maximum atomic E-state index is 3.45. The first-order chi connectivity index (χ1) is 4.86. The van der Waals surface area contributed by atoms with Gasteiger partial charge in [0.25, 0.3) is 0 Å². The molecule has 0 aromatic carbocycles. The summed E-state index contributed by atoms with van der Waals surface area (Å²) in [6.45, 7) is 2.17. The Balaban J connectivity index is 2.20. The molecule has 0 heterocycles. The molecule has 0 bridgehead atoms. The zero-order valence-corrected chi connectivity index (χ0v) is 6.30. The van der Waals surface area contributed by atoms with Crippen molar-refractivity contribution < 1.29 is 0 Å². The number of hydrogen-bond acceptors (Lipinski definition) is 0. The predicted molar refractivity (Wildman–Crippen MR) is 42.4 cm³/mol. The van der Waals surface area contributed by atoms with Crippen LogP contribution in [0.15, 0.2) is 23.8 Å². The van der Waals surface area contributed by atoms with Crippen LogP contribution >= 0.6 is 0 Å². The largest absolute Gasteiger partial charge is 0.0800 e. The molecule has 52 valence electrons. The first-order valence-corrected chi connectivity index (χ1v) is 3.96. The van der Waals surface area contributed by atoms with Crippen molar-refractivity contribution in [1.29, 1.82) is 0 Å². The predicted octanol–water partition coefficient (Wildman–Crippen LogP) is 2.61. The van der Waals surface area contributed by atoms with Gasteiger partial charge in [-0.05, 0) is 38.0 Å². The van der Waals surface area contributed by atoms with Crippen molar-refractivity contribution in [3.8, 4) is 0 Å². The van der Waals surface area contributed by atoms with Gasteiger partial charge in [0.15, 0.2) is 0 Å². The second kappa shape index (κ2) is 2.26. The molecule has 1 saturated carbocycles. The molecule has 0 saturated heterocycles. The number of allylic oxidation sites excluding steroid dienone is 4. The van der Waals surface area contributed by atoms with Crippen LogP contribution in [0.4, 0.5) is 0 Å². The quantitative estimate of drug-likeness (QED) is 0.475.